The normalized spacial score (nSPS) is 16.8. The Morgan fingerprint density at radius 1 is 1.14 bits per heavy atom. The molecule has 146 valence electrons. The molecular weight excluding hydrogens is 354 g/mol. The molecule has 1 aliphatic rings. The summed E-state index contributed by atoms with van der Waals surface area (Å²) in [6, 6.07) is 9.45. The molecule has 0 spiro atoms. The van der Waals surface area contributed by atoms with Gasteiger partial charge in [-0.05, 0) is 44.9 Å². The summed E-state index contributed by atoms with van der Waals surface area (Å²) in [6.45, 7) is 5.73. The van der Waals surface area contributed by atoms with Crippen LogP contribution in [-0.4, -0.2) is 39.8 Å². The highest BCUT2D eigenvalue weighted by Crippen LogP contribution is 2.34. The van der Waals surface area contributed by atoms with Gasteiger partial charge in [-0.3, -0.25) is 9.36 Å². The number of hydrogen-bond donors (Lipinski definition) is 0. The fourth-order valence-electron chi connectivity index (χ4n) is 3.95. The largest absolute Gasteiger partial charge is 0.383 e. The number of rotatable bonds is 5. The van der Waals surface area contributed by atoms with Crippen LogP contribution >= 0.6 is 0 Å². The summed E-state index contributed by atoms with van der Waals surface area (Å²) >= 11 is 0. The van der Waals surface area contributed by atoms with E-state index in [-0.39, 0.29) is 11.6 Å². The maximum absolute atomic E-state index is 13.2. The fourth-order valence-corrected chi connectivity index (χ4v) is 3.95. The van der Waals surface area contributed by atoms with Crippen LogP contribution in [0.3, 0.4) is 0 Å². The minimum Gasteiger partial charge on any atom is -0.383 e. The lowest BCUT2D eigenvalue weighted by Crippen LogP contribution is -2.34. The zero-order chi connectivity index (χ0) is 19.7. The van der Waals surface area contributed by atoms with E-state index in [0.717, 1.165) is 42.1 Å². The number of hydrogen-bond acceptors (Lipinski definition) is 6. The summed E-state index contributed by atoms with van der Waals surface area (Å²) in [6.07, 6.45) is 1.92. The molecule has 2 aromatic heterocycles. The van der Waals surface area contributed by atoms with Crippen LogP contribution in [0.2, 0.25) is 0 Å². The third kappa shape index (κ3) is 3.38. The maximum atomic E-state index is 13.2. The summed E-state index contributed by atoms with van der Waals surface area (Å²) in [5.74, 6) is 1.47. The van der Waals surface area contributed by atoms with E-state index in [1.54, 1.807) is 11.7 Å². The van der Waals surface area contributed by atoms with Crippen molar-refractivity contribution in [1.29, 1.82) is 0 Å². The smallest absolute Gasteiger partial charge is 0.261 e. The molecule has 1 atom stereocenters. The molecule has 0 N–H and O–H groups in total. The number of ether oxygens (including phenoxy) is 1. The SMILES string of the molecule is COCCn1c(C2CCCN2c2nc(C)cc(C)n2)nc2ccccc2c1=O. The first-order chi connectivity index (χ1) is 13.6. The van der Waals surface area contributed by atoms with Crippen molar-refractivity contribution in [3.63, 3.8) is 0 Å². The average molecular weight is 379 g/mol. The average Bonchev–Trinajstić information content (AvgIpc) is 3.16. The van der Waals surface area contributed by atoms with E-state index in [2.05, 4.69) is 14.9 Å². The van der Waals surface area contributed by atoms with Crippen molar-refractivity contribution in [2.24, 2.45) is 0 Å². The molecule has 7 heteroatoms. The number of para-hydroxylation sites is 1. The minimum absolute atomic E-state index is 0.0224. The van der Waals surface area contributed by atoms with Gasteiger partial charge in [0.15, 0.2) is 0 Å². The number of fused-ring (bicyclic) bond motifs is 1. The van der Waals surface area contributed by atoms with E-state index in [1.807, 2.05) is 44.2 Å². The third-order valence-electron chi connectivity index (χ3n) is 5.19. The quantitative estimate of drug-likeness (QED) is 0.679. The summed E-state index contributed by atoms with van der Waals surface area (Å²) in [4.78, 5) is 29.5. The van der Waals surface area contributed by atoms with E-state index >= 15 is 0 Å². The van der Waals surface area contributed by atoms with E-state index in [4.69, 9.17) is 9.72 Å². The molecule has 1 unspecified atom stereocenters. The van der Waals surface area contributed by atoms with Crippen LogP contribution in [0.15, 0.2) is 35.1 Å². The van der Waals surface area contributed by atoms with Gasteiger partial charge in [-0.1, -0.05) is 12.1 Å². The first-order valence-electron chi connectivity index (χ1n) is 9.66. The van der Waals surface area contributed by atoms with Gasteiger partial charge >= 0.3 is 0 Å². The van der Waals surface area contributed by atoms with Gasteiger partial charge in [0.05, 0.1) is 30.1 Å². The fraction of sp³-hybridized carbons (Fsp3) is 0.429. The van der Waals surface area contributed by atoms with Crippen molar-refractivity contribution in [2.45, 2.75) is 39.3 Å². The predicted molar refractivity (Wildman–Crippen MR) is 109 cm³/mol. The van der Waals surface area contributed by atoms with Crippen molar-refractivity contribution in [3.05, 3.63) is 57.9 Å². The van der Waals surface area contributed by atoms with Crippen molar-refractivity contribution in [1.82, 2.24) is 19.5 Å². The molecule has 1 aromatic carbocycles. The maximum Gasteiger partial charge on any atom is 0.261 e. The molecule has 1 fully saturated rings. The van der Waals surface area contributed by atoms with E-state index < -0.39 is 0 Å². The minimum atomic E-state index is -0.0321. The Hall–Kier alpha value is -2.80. The van der Waals surface area contributed by atoms with Crippen LogP contribution in [0.5, 0.6) is 0 Å². The van der Waals surface area contributed by atoms with Gasteiger partial charge in [-0.25, -0.2) is 15.0 Å². The number of anilines is 1. The topological polar surface area (TPSA) is 73.1 Å². The highest BCUT2D eigenvalue weighted by Gasteiger charge is 2.32. The first kappa shape index (κ1) is 18.6. The summed E-state index contributed by atoms with van der Waals surface area (Å²) in [5, 5.41) is 0.634. The molecule has 28 heavy (non-hydrogen) atoms. The van der Waals surface area contributed by atoms with Crippen LogP contribution in [0.25, 0.3) is 10.9 Å². The summed E-state index contributed by atoms with van der Waals surface area (Å²) < 4.78 is 7.01. The second kappa shape index (κ2) is 7.67. The van der Waals surface area contributed by atoms with Gasteiger partial charge in [0.1, 0.15) is 5.82 Å². The third-order valence-corrected chi connectivity index (χ3v) is 5.19. The standard InChI is InChI=1S/C21H25N5O2/c1-14-13-15(2)23-21(22-14)25-10-6-9-18(25)19-24-17-8-5-4-7-16(17)20(27)26(19)11-12-28-3/h4-5,7-8,13,18H,6,9-12H2,1-3H3. The molecule has 0 aliphatic carbocycles. The van der Waals surface area contributed by atoms with Gasteiger partial charge in [-0.2, -0.15) is 0 Å². The monoisotopic (exact) mass is 379 g/mol. The summed E-state index contributed by atoms with van der Waals surface area (Å²) in [5.41, 5.74) is 2.59. The lowest BCUT2D eigenvalue weighted by molar-refractivity contribution is 0.184. The Balaban J connectivity index is 1.85. The molecular formula is C21H25N5O2. The van der Waals surface area contributed by atoms with Gasteiger partial charge in [0.25, 0.3) is 5.56 Å². The zero-order valence-electron chi connectivity index (χ0n) is 16.6. The van der Waals surface area contributed by atoms with Gasteiger partial charge in [-0.15, -0.1) is 0 Å². The second-order valence-corrected chi connectivity index (χ2v) is 7.24. The van der Waals surface area contributed by atoms with E-state index in [0.29, 0.717) is 24.5 Å². The van der Waals surface area contributed by atoms with Crippen LogP contribution in [0.1, 0.15) is 36.1 Å². The lowest BCUT2D eigenvalue weighted by Gasteiger charge is -2.27. The Labute approximate surface area is 164 Å². The number of aryl methyl sites for hydroxylation is 2. The molecule has 1 saturated heterocycles. The number of nitrogens with zero attached hydrogens (tertiary/aromatic N) is 5. The lowest BCUT2D eigenvalue weighted by atomic mass is 10.1. The molecule has 0 saturated carbocycles. The summed E-state index contributed by atoms with van der Waals surface area (Å²) in [7, 11) is 1.64. The second-order valence-electron chi connectivity index (χ2n) is 7.24. The molecule has 0 radical (unpaired) electrons. The molecule has 3 aromatic rings. The first-order valence-corrected chi connectivity index (χ1v) is 9.66. The molecule has 3 heterocycles. The Morgan fingerprint density at radius 3 is 2.64 bits per heavy atom. The number of methoxy groups -OCH3 is 1. The Morgan fingerprint density at radius 2 is 1.89 bits per heavy atom. The zero-order valence-corrected chi connectivity index (χ0v) is 16.6. The van der Waals surface area contributed by atoms with Crippen molar-refractivity contribution in [2.75, 3.05) is 25.2 Å². The number of benzene rings is 1. The number of aromatic nitrogens is 4. The molecule has 7 nitrogen and oxygen atoms in total. The van der Waals surface area contributed by atoms with Crippen LogP contribution < -0.4 is 10.5 Å². The molecule has 0 amide bonds. The van der Waals surface area contributed by atoms with Crippen molar-refractivity contribution >= 4 is 16.9 Å². The van der Waals surface area contributed by atoms with E-state index in [1.165, 1.54) is 0 Å². The van der Waals surface area contributed by atoms with Crippen molar-refractivity contribution in [3.8, 4) is 0 Å². The van der Waals surface area contributed by atoms with Gasteiger partial charge in [0.2, 0.25) is 5.95 Å². The van der Waals surface area contributed by atoms with Crippen LogP contribution in [-0.2, 0) is 11.3 Å². The molecule has 4 rings (SSSR count). The highest BCUT2D eigenvalue weighted by atomic mass is 16.5. The predicted octanol–water partition coefficient (Wildman–Crippen LogP) is 2.79. The van der Waals surface area contributed by atoms with Crippen LogP contribution in [0, 0.1) is 13.8 Å². The molecule has 0 bridgehead atoms. The van der Waals surface area contributed by atoms with Gasteiger partial charge in [0, 0.05) is 25.0 Å². The van der Waals surface area contributed by atoms with Gasteiger partial charge < -0.3 is 9.64 Å². The Bertz CT molecular complexity index is 1040. The Kier molecular flexibility index (Phi) is 5.09. The van der Waals surface area contributed by atoms with Crippen LogP contribution in [0.4, 0.5) is 5.95 Å². The molecule has 1 aliphatic heterocycles. The highest BCUT2D eigenvalue weighted by molar-refractivity contribution is 5.77. The van der Waals surface area contributed by atoms with Crippen molar-refractivity contribution < 1.29 is 4.74 Å². The van der Waals surface area contributed by atoms with E-state index in [9.17, 15) is 4.79 Å².